The molecule has 1 aromatic carbocycles. The molecule has 0 spiro atoms. The van der Waals surface area contributed by atoms with Crippen LogP contribution in [0.1, 0.15) is 44.9 Å². The molecule has 0 fully saturated rings. The van der Waals surface area contributed by atoms with Gasteiger partial charge in [0.2, 0.25) is 0 Å². The molecule has 3 heterocycles. The fraction of sp³-hybridized carbons (Fsp3) is 0.217. The highest BCUT2D eigenvalue weighted by Gasteiger charge is 2.32. The first-order valence-corrected chi connectivity index (χ1v) is 10.1. The first-order chi connectivity index (χ1) is 15.4. The lowest BCUT2D eigenvalue weighted by atomic mass is 10.0. The Morgan fingerprint density at radius 3 is 2.56 bits per heavy atom. The maximum Gasteiger partial charge on any atom is 0.298 e. The van der Waals surface area contributed by atoms with Crippen LogP contribution in [0.2, 0.25) is 0 Å². The number of fused-ring (bicyclic) bond motifs is 1. The second kappa shape index (κ2) is 8.70. The van der Waals surface area contributed by atoms with E-state index in [9.17, 15) is 23.2 Å². The Kier molecular flexibility index (Phi) is 5.81. The van der Waals surface area contributed by atoms with Crippen molar-refractivity contribution < 1.29 is 23.2 Å². The normalized spacial score (nSPS) is 12.7. The third-order valence-electron chi connectivity index (χ3n) is 5.41. The molecule has 32 heavy (non-hydrogen) atoms. The lowest BCUT2D eigenvalue weighted by molar-refractivity contribution is -0.112. The minimum Gasteiger partial charge on any atom is -0.341 e. The Morgan fingerprint density at radius 2 is 1.84 bits per heavy atom. The van der Waals surface area contributed by atoms with Crippen LogP contribution in [0.3, 0.4) is 0 Å². The molecule has 0 atom stereocenters. The minimum absolute atomic E-state index is 0.0891. The van der Waals surface area contributed by atoms with Crippen molar-refractivity contribution in [1.29, 1.82) is 0 Å². The summed E-state index contributed by atoms with van der Waals surface area (Å²) in [6, 6.07) is 6.30. The molecule has 0 bridgehead atoms. The molecule has 0 saturated heterocycles. The van der Waals surface area contributed by atoms with Crippen LogP contribution in [0.5, 0.6) is 0 Å². The van der Waals surface area contributed by atoms with Gasteiger partial charge in [-0.3, -0.25) is 19.4 Å². The van der Waals surface area contributed by atoms with Crippen LogP contribution < -0.4 is 10.6 Å². The summed E-state index contributed by atoms with van der Waals surface area (Å²) in [5, 5.41) is 5.08. The SMILES string of the molecule is Cc1c(C(=O)Nc2ccc(F)c(F)c2)c2n(c1C(=O)C(=O)Nc1cccnc1)CCCC2. The van der Waals surface area contributed by atoms with Gasteiger partial charge in [0.05, 0.1) is 23.1 Å². The van der Waals surface area contributed by atoms with Gasteiger partial charge >= 0.3 is 0 Å². The van der Waals surface area contributed by atoms with E-state index in [-0.39, 0.29) is 16.9 Å². The summed E-state index contributed by atoms with van der Waals surface area (Å²) in [5.41, 5.74) is 1.90. The van der Waals surface area contributed by atoms with Gasteiger partial charge in [-0.25, -0.2) is 8.78 Å². The van der Waals surface area contributed by atoms with E-state index in [0.29, 0.717) is 29.9 Å². The van der Waals surface area contributed by atoms with Crippen LogP contribution in [-0.4, -0.2) is 27.1 Å². The van der Waals surface area contributed by atoms with Crippen LogP contribution >= 0.6 is 0 Å². The number of carbonyl (C=O) groups is 3. The Bertz CT molecular complexity index is 1220. The van der Waals surface area contributed by atoms with Crippen LogP contribution in [-0.2, 0) is 17.8 Å². The zero-order valence-electron chi connectivity index (χ0n) is 17.2. The summed E-state index contributed by atoms with van der Waals surface area (Å²) in [5.74, 6) is -4.25. The molecular formula is C23H20F2N4O3. The quantitative estimate of drug-likeness (QED) is 0.467. The number of carbonyl (C=O) groups excluding carboxylic acids is 3. The molecule has 9 heteroatoms. The van der Waals surface area contributed by atoms with Crippen molar-refractivity contribution in [2.24, 2.45) is 0 Å². The van der Waals surface area contributed by atoms with Crippen molar-refractivity contribution >= 4 is 29.0 Å². The number of nitrogens with zero attached hydrogens (tertiary/aromatic N) is 2. The number of benzene rings is 1. The van der Waals surface area contributed by atoms with E-state index in [1.165, 1.54) is 12.3 Å². The first-order valence-electron chi connectivity index (χ1n) is 10.1. The van der Waals surface area contributed by atoms with Gasteiger partial charge in [0.15, 0.2) is 11.6 Å². The maximum absolute atomic E-state index is 13.5. The van der Waals surface area contributed by atoms with E-state index in [1.807, 2.05) is 0 Å². The predicted molar refractivity (Wildman–Crippen MR) is 114 cm³/mol. The lowest BCUT2D eigenvalue weighted by Gasteiger charge is -2.18. The van der Waals surface area contributed by atoms with E-state index in [0.717, 1.165) is 25.0 Å². The molecule has 7 nitrogen and oxygen atoms in total. The number of amides is 2. The smallest absolute Gasteiger partial charge is 0.298 e. The number of pyridine rings is 1. The fourth-order valence-corrected chi connectivity index (χ4v) is 3.97. The Morgan fingerprint density at radius 1 is 1.03 bits per heavy atom. The Balaban J connectivity index is 1.67. The van der Waals surface area contributed by atoms with Crippen molar-refractivity contribution in [3.63, 3.8) is 0 Å². The average Bonchev–Trinajstić information content (AvgIpc) is 3.08. The zero-order chi connectivity index (χ0) is 22.8. The molecule has 0 aliphatic carbocycles. The minimum atomic E-state index is -1.08. The molecule has 2 amide bonds. The number of halogens is 2. The molecule has 4 rings (SSSR count). The summed E-state index contributed by atoms with van der Waals surface area (Å²) >= 11 is 0. The van der Waals surface area contributed by atoms with Crippen molar-refractivity contribution in [2.75, 3.05) is 10.6 Å². The Hall–Kier alpha value is -3.88. The molecule has 0 unspecified atom stereocenters. The van der Waals surface area contributed by atoms with E-state index in [1.54, 1.807) is 29.8 Å². The molecule has 0 saturated carbocycles. The highest BCUT2D eigenvalue weighted by atomic mass is 19.2. The standard InChI is InChI=1S/C23H20F2N4O3/c1-13-19(22(31)27-14-7-8-16(24)17(25)11-14)18-6-2-3-10-29(18)20(13)21(30)23(32)28-15-5-4-9-26-12-15/h4-5,7-9,11-12H,2-3,6,10H2,1H3,(H,27,31)(H,28,32). The number of rotatable bonds is 5. The van der Waals surface area contributed by atoms with Gasteiger partial charge in [0, 0.05) is 30.2 Å². The second-order valence-electron chi connectivity index (χ2n) is 7.51. The number of ketones is 1. The summed E-state index contributed by atoms with van der Waals surface area (Å²) < 4.78 is 28.5. The number of Topliss-reactive ketones (excluding diaryl/α,β-unsaturated/α-hetero) is 1. The third-order valence-corrected chi connectivity index (χ3v) is 5.41. The fourth-order valence-electron chi connectivity index (χ4n) is 3.97. The number of anilines is 2. The largest absolute Gasteiger partial charge is 0.341 e. The van der Waals surface area contributed by atoms with Gasteiger partial charge in [0.1, 0.15) is 0 Å². The van der Waals surface area contributed by atoms with Gasteiger partial charge in [-0.1, -0.05) is 0 Å². The molecule has 2 aromatic heterocycles. The van der Waals surface area contributed by atoms with Gasteiger partial charge in [-0.15, -0.1) is 0 Å². The molecule has 1 aliphatic rings. The summed E-state index contributed by atoms with van der Waals surface area (Å²) in [6.45, 7) is 2.10. The van der Waals surface area contributed by atoms with E-state index < -0.39 is 29.2 Å². The van der Waals surface area contributed by atoms with Gasteiger partial charge in [-0.05, 0) is 56.0 Å². The monoisotopic (exact) mass is 438 g/mol. The molecule has 0 radical (unpaired) electrons. The van der Waals surface area contributed by atoms with Crippen LogP contribution in [0, 0.1) is 18.6 Å². The van der Waals surface area contributed by atoms with E-state index in [2.05, 4.69) is 15.6 Å². The number of hydrogen-bond acceptors (Lipinski definition) is 4. The van der Waals surface area contributed by atoms with Gasteiger partial charge in [-0.2, -0.15) is 0 Å². The first kappa shape index (κ1) is 21.4. The van der Waals surface area contributed by atoms with Crippen LogP contribution in [0.15, 0.2) is 42.7 Å². The molecule has 3 aromatic rings. The molecular weight excluding hydrogens is 418 g/mol. The topological polar surface area (TPSA) is 93.1 Å². The highest BCUT2D eigenvalue weighted by molar-refractivity contribution is 6.46. The average molecular weight is 438 g/mol. The summed E-state index contributed by atoms with van der Waals surface area (Å²) in [7, 11) is 0. The zero-order valence-corrected chi connectivity index (χ0v) is 17.2. The molecule has 164 valence electrons. The third kappa shape index (κ3) is 4.01. The number of nitrogens with one attached hydrogen (secondary N) is 2. The number of aromatic nitrogens is 2. The van der Waals surface area contributed by atoms with Crippen molar-refractivity contribution in [3.8, 4) is 0 Å². The molecule has 2 N–H and O–H groups in total. The summed E-state index contributed by atoms with van der Waals surface area (Å²) in [4.78, 5) is 42.6. The van der Waals surface area contributed by atoms with Gasteiger partial charge in [0.25, 0.3) is 17.6 Å². The van der Waals surface area contributed by atoms with Crippen molar-refractivity contribution in [1.82, 2.24) is 9.55 Å². The Labute approximate surface area is 182 Å². The van der Waals surface area contributed by atoms with Crippen LogP contribution in [0.4, 0.5) is 20.2 Å². The van der Waals surface area contributed by atoms with E-state index >= 15 is 0 Å². The second-order valence-corrected chi connectivity index (χ2v) is 7.51. The molecule has 1 aliphatic heterocycles. The van der Waals surface area contributed by atoms with Crippen LogP contribution in [0.25, 0.3) is 0 Å². The predicted octanol–water partition coefficient (Wildman–Crippen LogP) is 3.88. The van der Waals surface area contributed by atoms with E-state index in [4.69, 9.17) is 0 Å². The van der Waals surface area contributed by atoms with Crippen molar-refractivity contribution in [2.45, 2.75) is 32.7 Å². The highest BCUT2D eigenvalue weighted by Crippen LogP contribution is 2.30. The maximum atomic E-state index is 13.5. The number of hydrogen-bond donors (Lipinski definition) is 2. The summed E-state index contributed by atoms with van der Waals surface area (Å²) in [6.07, 6.45) is 5.15. The van der Waals surface area contributed by atoms with Crippen molar-refractivity contribution in [3.05, 3.63) is 76.9 Å². The van der Waals surface area contributed by atoms with Gasteiger partial charge < -0.3 is 15.2 Å². The lowest BCUT2D eigenvalue weighted by Crippen LogP contribution is -2.27.